The normalized spacial score (nSPS) is 20.0. The molecule has 1 atom stereocenters. The van der Waals surface area contributed by atoms with Crippen LogP contribution < -0.4 is 5.32 Å². The zero-order valence-corrected chi connectivity index (χ0v) is 13.7. The van der Waals surface area contributed by atoms with Crippen molar-refractivity contribution >= 4 is 5.91 Å². The minimum Gasteiger partial charge on any atom is -0.351 e. The fourth-order valence-electron chi connectivity index (χ4n) is 2.97. The van der Waals surface area contributed by atoms with Crippen LogP contribution in [0.25, 0.3) is 0 Å². The number of nitrogens with zero attached hydrogens (tertiary/aromatic N) is 1. The lowest BCUT2D eigenvalue weighted by Crippen LogP contribution is -2.51. The number of carbonyl (C=O) groups is 1. The SMILES string of the molecule is CC(C)C(=O)NC(C)(C)[C@@H]1CCN(Cc2ccccc2)C1. The van der Waals surface area contributed by atoms with E-state index in [0.29, 0.717) is 5.92 Å². The van der Waals surface area contributed by atoms with Crippen LogP contribution in [0.3, 0.4) is 0 Å². The van der Waals surface area contributed by atoms with Crippen molar-refractivity contribution in [3.05, 3.63) is 35.9 Å². The molecule has 1 amide bonds. The van der Waals surface area contributed by atoms with Gasteiger partial charge in [-0.3, -0.25) is 9.69 Å². The van der Waals surface area contributed by atoms with Crippen LogP contribution >= 0.6 is 0 Å². The minimum atomic E-state index is -0.132. The topological polar surface area (TPSA) is 32.3 Å². The number of rotatable bonds is 5. The first-order chi connectivity index (χ1) is 9.88. The Balaban J connectivity index is 1.90. The molecule has 1 N–H and O–H groups in total. The van der Waals surface area contributed by atoms with Gasteiger partial charge in [-0.15, -0.1) is 0 Å². The van der Waals surface area contributed by atoms with Crippen molar-refractivity contribution in [3.8, 4) is 0 Å². The fraction of sp³-hybridized carbons (Fsp3) is 0.611. The maximum Gasteiger partial charge on any atom is 0.222 e. The predicted molar refractivity (Wildman–Crippen MR) is 86.9 cm³/mol. The van der Waals surface area contributed by atoms with Crippen LogP contribution in [-0.4, -0.2) is 29.4 Å². The van der Waals surface area contributed by atoms with Gasteiger partial charge in [-0.05, 0) is 38.3 Å². The van der Waals surface area contributed by atoms with Gasteiger partial charge in [-0.2, -0.15) is 0 Å². The van der Waals surface area contributed by atoms with E-state index in [4.69, 9.17) is 0 Å². The second kappa shape index (κ2) is 6.61. The molecule has 0 aliphatic carbocycles. The fourth-order valence-corrected chi connectivity index (χ4v) is 2.97. The largest absolute Gasteiger partial charge is 0.351 e. The van der Waals surface area contributed by atoms with E-state index in [0.717, 1.165) is 26.1 Å². The van der Waals surface area contributed by atoms with E-state index in [-0.39, 0.29) is 17.4 Å². The zero-order chi connectivity index (χ0) is 15.5. The summed E-state index contributed by atoms with van der Waals surface area (Å²) in [5.74, 6) is 0.719. The van der Waals surface area contributed by atoms with Crippen molar-refractivity contribution in [2.75, 3.05) is 13.1 Å². The van der Waals surface area contributed by atoms with Crippen molar-refractivity contribution in [1.82, 2.24) is 10.2 Å². The highest BCUT2D eigenvalue weighted by atomic mass is 16.2. The minimum absolute atomic E-state index is 0.0473. The van der Waals surface area contributed by atoms with E-state index in [1.165, 1.54) is 5.56 Å². The van der Waals surface area contributed by atoms with Crippen molar-refractivity contribution in [3.63, 3.8) is 0 Å². The number of hydrogen-bond acceptors (Lipinski definition) is 2. The Morgan fingerprint density at radius 3 is 2.62 bits per heavy atom. The number of carbonyl (C=O) groups excluding carboxylic acids is 1. The molecule has 0 bridgehead atoms. The molecule has 1 aliphatic heterocycles. The molecule has 0 saturated carbocycles. The van der Waals surface area contributed by atoms with Crippen LogP contribution in [0, 0.1) is 11.8 Å². The Hall–Kier alpha value is -1.35. The lowest BCUT2D eigenvalue weighted by atomic mass is 9.86. The lowest BCUT2D eigenvalue weighted by molar-refractivity contribution is -0.126. The number of nitrogens with one attached hydrogen (secondary N) is 1. The Morgan fingerprint density at radius 2 is 2.00 bits per heavy atom. The molecule has 3 nitrogen and oxygen atoms in total. The van der Waals surface area contributed by atoms with Gasteiger partial charge >= 0.3 is 0 Å². The van der Waals surface area contributed by atoms with Crippen LogP contribution in [0.1, 0.15) is 39.7 Å². The van der Waals surface area contributed by atoms with E-state index in [1.807, 2.05) is 13.8 Å². The van der Waals surface area contributed by atoms with Gasteiger partial charge in [-0.25, -0.2) is 0 Å². The van der Waals surface area contributed by atoms with Crippen LogP contribution in [0.2, 0.25) is 0 Å². The van der Waals surface area contributed by atoms with Crippen LogP contribution in [0.4, 0.5) is 0 Å². The summed E-state index contributed by atoms with van der Waals surface area (Å²) >= 11 is 0. The number of likely N-dealkylation sites (tertiary alicyclic amines) is 1. The molecule has 2 rings (SSSR count). The molecule has 0 spiro atoms. The smallest absolute Gasteiger partial charge is 0.222 e. The first-order valence-electron chi connectivity index (χ1n) is 7.97. The van der Waals surface area contributed by atoms with Crippen LogP contribution in [0.15, 0.2) is 30.3 Å². The van der Waals surface area contributed by atoms with E-state index in [2.05, 4.69) is 54.4 Å². The lowest BCUT2D eigenvalue weighted by Gasteiger charge is -2.33. The highest BCUT2D eigenvalue weighted by Gasteiger charge is 2.36. The maximum absolute atomic E-state index is 12.0. The molecule has 0 radical (unpaired) electrons. The summed E-state index contributed by atoms with van der Waals surface area (Å²) in [6.45, 7) is 11.4. The number of benzene rings is 1. The average molecular weight is 288 g/mol. The highest BCUT2D eigenvalue weighted by molar-refractivity contribution is 5.78. The van der Waals surface area contributed by atoms with Gasteiger partial charge in [0.15, 0.2) is 0 Å². The standard InChI is InChI=1S/C18H28N2O/c1-14(2)17(21)19-18(3,4)16-10-11-20(13-16)12-15-8-6-5-7-9-15/h5-9,14,16H,10-13H2,1-4H3,(H,19,21)/t16-/m1/s1. The molecule has 1 aromatic carbocycles. The average Bonchev–Trinajstić information content (AvgIpc) is 2.88. The van der Waals surface area contributed by atoms with Gasteiger partial charge in [0.2, 0.25) is 5.91 Å². The molecule has 1 aromatic rings. The zero-order valence-electron chi connectivity index (χ0n) is 13.7. The van der Waals surface area contributed by atoms with Gasteiger partial charge in [0.1, 0.15) is 0 Å². The molecular weight excluding hydrogens is 260 g/mol. The highest BCUT2D eigenvalue weighted by Crippen LogP contribution is 2.28. The van der Waals surface area contributed by atoms with Gasteiger partial charge < -0.3 is 5.32 Å². The molecule has 0 unspecified atom stereocenters. The molecular formula is C18H28N2O. The molecule has 116 valence electrons. The molecule has 1 aliphatic rings. The summed E-state index contributed by atoms with van der Waals surface area (Å²) in [6, 6.07) is 10.6. The third-order valence-electron chi connectivity index (χ3n) is 4.51. The third kappa shape index (κ3) is 4.31. The van der Waals surface area contributed by atoms with Crippen molar-refractivity contribution in [2.45, 2.75) is 46.2 Å². The van der Waals surface area contributed by atoms with E-state index >= 15 is 0 Å². The second-order valence-corrected chi connectivity index (χ2v) is 7.07. The maximum atomic E-state index is 12.0. The Bertz CT molecular complexity index is 467. The summed E-state index contributed by atoms with van der Waals surface area (Å²) < 4.78 is 0. The molecule has 1 fully saturated rings. The Morgan fingerprint density at radius 1 is 1.33 bits per heavy atom. The summed E-state index contributed by atoms with van der Waals surface area (Å²) in [7, 11) is 0. The molecule has 21 heavy (non-hydrogen) atoms. The summed E-state index contributed by atoms with van der Waals surface area (Å²) in [5, 5.41) is 3.22. The van der Waals surface area contributed by atoms with Gasteiger partial charge in [0.25, 0.3) is 0 Å². The van der Waals surface area contributed by atoms with E-state index in [9.17, 15) is 4.79 Å². The van der Waals surface area contributed by atoms with Gasteiger partial charge in [-0.1, -0.05) is 44.2 Å². The van der Waals surface area contributed by atoms with E-state index in [1.54, 1.807) is 0 Å². The monoisotopic (exact) mass is 288 g/mol. The quantitative estimate of drug-likeness (QED) is 0.903. The van der Waals surface area contributed by atoms with E-state index < -0.39 is 0 Å². The number of hydrogen-bond donors (Lipinski definition) is 1. The molecule has 0 aromatic heterocycles. The van der Waals surface area contributed by atoms with Crippen LogP contribution in [0.5, 0.6) is 0 Å². The predicted octanol–water partition coefficient (Wildman–Crippen LogP) is 3.06. The van der Waals surface area contributed by atoms with Gasteiger partial charge in [0, 0.05) is 24.5 Å². The first kappa shape index (κ1) is 16.0. The summed E-state index contributed by atoms with van der Waals surface area (Å²) in [4.78, 5) is 14.5. The summed E-state index contributed by atoms with van der Waals surface area (Å²) in [5.41, 5.74) is 1.23. The Kier molecular flexibility index (Phi) is 5.04. The number of amides is 1. The van der Waals surface area contributed by atoms with Crippen molar-refractivity contribution in [2.24, 2.45) is 11.8 Å². The second-order valence-electron chi connectivity index (χ2n) is 7.07. The first-order valence-corrected chi connectivity index (χ1v) is 7.97. The molecule has 1 saturated heterocycles. The van der Waals surface area contributed by atoms with Crippen molar-refractivity contribution in [1.29, 1.82) is 0 Å². The molecule has 1 heterocycles. The molecule has 3 heteroatoms. The third-order valence-corrected chi connectivity index (χ3v) is 4.51. The van der Waals surface area contributed by atoms with Crippen molar-refractivity contribution < 1.29 is 4.79 Å². The van der Waals surface area contributed by atoms with Gasteiger partial charge in [0.05, 0.1) is 0 Å². The Labute approximate surface area is 128 Å². The summed E-state index contributed by atoms with van der Waals surface area (Å²) in [6.07, 6.45) is 1.15. The van der Waals surface area contributed by atoms with Crippen LogP contribution in [-0.2, 0) is 11.3 Å².